The third-order valence-corrected chi connectivity index (χ3v) is 3.41. The second-order valence-electron chi connectivity index (χ2n) is 5.13. The summed E-state index contributed by atoms with van der Waals surface area (Å²) >= 11 is 0. The predicted molar refractivity (Wildman–Crippen MR) is 89.2 cm³/mol. The van der Waals surface area contributed by atoms with Crippen molar-refractivity contribution in [3.05, 3.63) is 59.7 Å². The summed E-state index contributed by atoms with van der Waals surface area (Å²) in [5, 5.41) is 2.90. The fraction of sp³-hybridized carbons (Fsp3) is 0.278. The summed E-state index contributed by atoms with van der Waals surface area (Å²) in [6.07, 6.45) is 1.89. The highest BCUT2D eigenvalue weighted by molar-refractivity contribution is 5.90. The summed E-state index contributed by atoms with van der Waals surface area (Å²) < 4.78 is 5.41. The van der Waals surface area contributed by atoms with Crippen LogP contribution in [0, 0.1) is 0 Å². The lowest BCUT2D eigenvalue weighted by atomic mass is 10.0. The Kier molecular flexibility index (Phi) is 5.98. The number of hydrogen-bond acceptors (Lipinski definition) is 3. The van der Waals surface area contributed by atoms with Gasteiger partial charge in [-0.25, -0.2) is 0 Å². The predicted octanol–water partition coefficient (Wildman–Crippen LogP) is 2.96. The molecule has 0 fully saturated rings. The van der Waals surface area contributed by atoms with E-state index < -0.39 is 0 Å². The number of hydrogen-bond donors (Lipinski definition) is 2. The maximum atomic E-state index is 11.8. The topological polar surface area (TPSA) is 64.3 Å². The van der Waals surface area contributed by atoms with Gasteiger partial charge in [0.25, 0.3) is 0 Å². The standard InChI is InChI=1S/C18H22N2O2/c1-22-17-10-9-16(20-18(21)8-5-11-19)13-15(17)12-14-6-3-2-4-7-14/h2-4,6-7,9-10,13H,5,8,11-12,19H2,1H3,(H,20,21). The molecule has 0 bridgehead atoms. The van der Waals surface area contributed by atoms with Crippen molar-refractivity contribution in [2.75, 3.05) is 19.0 Å². The van der Waals surface area contributed by atoms with E-state index in [1.807, 2.05) is 36.4 Å². The number of anilines is 1. The van der Waals surface area contributed by atoms with E-state index in [1.54, 1.807) is 7.11 Å². The van der Waals surface area contributed by atoms with E-state index in [0.29, 0.717) is 19.4 Å². The molecule has 1 amide bonds. The zero-order valence-corrected chi connectivity index (χ0v) is 12.8. The molecule has 0 aliphatic heterocycles. The van der Waals surface area contributed by atoms with Crippen LogP contribution in [0.1, 0.15) is 24.0 Å². The maximum Gasteiger partial charge on any atom is 0.224 e. The third-order valence-electron chi connectivity index (χ3n) is 3.41. The van der Waals surface area contributed by atoms with Gasteiger partial charge in [0.2, 0.25) is 5.91 Å². The van der Waals surface area contributed by atoms with E-state index >= 15 is 0 Å². The van der Waals surface area contributed by atoms with E-state index in [9.17, 15) is 4.79 Å². The van der Waals surface area contributed by atoms with Gasteiger partial charge in [-0.1, -0.05) is 30.3 Å². The van der Waals surface area contributed by atoms with Crippen LogP contribution in [0.15, 0.2) is 48.5 Å². The number of amides is 1. The Balaban J connectivity index is 2.14. The first-order chi connectivity index (χ1) is 10.7. The van der Waals surface area contributed by atoms with Gasteiger partial charge >= 0.3 is 0 Å². The molecule has 0 aromatic heterocycles. The molecule has 0 aliphatic carbocycles. The number of rotatable bonds is 7. The Labute approximate surface area is 131 Å². The van der Waals surface area contributed by atoms with E-state index in [1.165, 1.54) is 5.56 Å². The van der Waals surface area contributed by atoms with Gasteiger partial charge in [0.15, 0.2) is 0 Å². The summed E-state index contributed by atoms with van der Waals surface area (Å²) in [7, 11) is 1.66. The van der Waals surface area contributed by atoms with Crippen LogP contribution in [0.2, 0.25) is 0 Å². The normalized spacial score (nSPS) is 10.3. The Morgan fingerprint density at radius 2 is 1.95 bits per heavy atom. The molecule has 0 radical (unpaired) electrons. The Hall–Kier alpha value is -2.33. The quantitative estimate of drug-likeness (QED) is 0.826. The van der Waals surface area contributed by atoms with Crippen LogP contribution in [0.4, 0.5) is 5.69 Å². The van der Waals surface area contributed by atoms with Gasteiger partial charge in [-0.05, 0) is 36.7 Å². The van der Waals surface area contributed by atoms with Crippen LogP contribution in [-0.2, 0) is 11.2 Å². The minimum absolute atomic E-state index is 0.0127. The van der Waals surface area contributed by atoms with E-state index in [0.717, 1.165) is 23.4 Å². The largest absolute Gasteiger partial charge is 0.496 e. The van der Waals surface area contributed by atoms with Crippen molar-refractivity contribution in [3.63, 3.8) is 0 Å². The van der Waals surface area contributed by atoms with Crippen LogP contribution in [0.3, 0.4) is 0 Å². The molecule has 0 spiro atoms. The molecule has 4 nitrogen and oxygen atoms in total. The minimum Gasteiger partial charge on any atom is -0.496 e. The highest BCUT2D eigenvalue weighted by Gasteiger charge is 2.08. The van der Waals surface area contributed by atoms with Crippen molar-refractivity contribution in [2.45, 2.75) is 19.3 Å². The molecular formula is C18H22N2O2. The molecule has 0 heterocycles. The zero-order chi connectivity index (χ0) is 15.8. The molecular weight excluding hydrogens is 276 g/mol. The first-order valence-electron chi connectivity index (χ1n) is 7.43. The molecule has 116 valence electrons. The van der Waals surface area contributed by atoms with Crippen molar-refractivity contribution >= 4 is 11.6 Å². The Morgan fingerprint density at radius 1 is 1.18 bits per heavy atom. The first kappa shape index (κ1) is 16.0. The maximum absolute atomic E-state index is 11.8. The summed E-state index contributed by atoms with van der Waals surface area (Å²) in [6, 6.07) is 15.9. The molecule has 0 aliphatic rings. The number of methoxy groups -OCH3 is 1. The lowest BCUT2D eigenvalue weighted by Gasteiger charge is -2.12. The van der Waals surface area contributed by atoms with Crippen molar-refractivity contribution in [3.8, 4) is 5.75 Å². The third kappa shape index (κ3) is 4.60. The molecule has 3 N–H and O–H groups in total. The highest BCUT2D eigenvalue weighted by atomic mass is 16.5. The molecule has 0 saturated carbocycles. The second kappa shape index (κ2) is 8.20. The van der Waals surface area contributed by atoms with Gasteiger partial charge in [-0.15, -0.1) is 0 Å². The molecule has 22 heavy (non-hydrogen) atoms. The first-order valence-corrected chi connectivity index (χ1v) is 7.43. The molecule has 2 aromatic carbocycles. The second-order valence-corrected chi connectivity index (χ2v) is 5.13. The van der Waals surface area contributed by atoms with Crippen molar-refractivity contribution < 1.29 is 9.53 Å². The van der Waals surface area contributed by atoms with Crippen LogP contribution < -0.4 is 15.8 Å². The molecule has 2 rings (SSSR count). The van der Waals surface area contributed by atoms with Crippen LogP contribution >= 0.6 is 0 Å². The van der Waals surface area contributed by atoms with Gasteiger partial charge in [0.05, 0.1) is 7.11 Å². The monoisotopic (exact) mass is 298 g/mol. The highest BCUT2D eigenvalue weighted by Crippen LogP contribution is 2.25. The zero-order valence-electron chi connectivity index (χ0n) is 12.8. The molecule has 2 aromatic rings. The van der Waals surface area contributed by atoms with Crippen LogP contribution in [0.5, 0.6) is 5.75 Å². The number of nitrogens with one attached hydrogen (secondary N) is 1. The molecule has 0 atom stereocenters. The van der Waals surface area contributed by atoms with Gasteiger partial charge in [0, 0.05) is 24.1 Å². The fourth-order valence-corrected chi connectivity index (χ4v) is 2.30. The number of carbonyl (C=O) groups is 1. The van der Waals surface area contributed by atoms with Gasteiger partial charge < -0.3 is 15.8 Å². The van der Waals surface area contributed by atoms with E-state index in [4.69, 9.17) is 10.5 Å². The van der Waals surface area contributed by atoms with E-state index in [2.05, 4.69) is 17.4 Å². The number of nitrogens with two attached hydrogens (primary N) is 1. The minimum atomic E-state index is -0.0127. The van der Waals surface area contributed by atoms with Crippen molar-refractivity contribution in [2.24, 2.45) is 5.73 Å². The Bertz CT molecular complexity index is 612. The SMILES string of the molecule is COc1ccc(NC(=O)CCCN)cc1Cc1ccccc1. The average Bonchev–Trinajstić information content (AvgIpc) is 2.54. The van der Waals surface area contributed by atoms with Gasteiger partial charge in [-0.3, -0.25) is 4.79 Å². The van der Waals surface area contributed by atoms with Gasteiger partial charge in [0.1, 0.15) is 5.75 Å². The Morgan fingerprint density at radius 3 is 2.64 bits per heavy atom. The fourth-order valence-electron chi connectivity index (χ4n) is 2.30. The summed E-state index contributed by atoms with van der Waals surface area (Å²) in [6.45, 7) is 0.523. The number of carbonyl (C=O) groups excluding carboxylic acids is 1. The molecule has 0 saturated heterocycles. The smallest absolute Gasteiger partial charge is 0.224 e. The van der Waals surface area contributed by atoms with Crippen LogP contribution in [0.25, 0.3) is 0 Å². The molecule has 4 heteroatoms. The van der Waals surface area contributed by atoms with Gasteiger partial charge in [-0.2, -0.15) is 0 Å². The summed E-state index contributed by atoms with van der Waals surface area (Å²) in [5.74, 6) is 0.810. The number of benzene rings is 2. The lowest BCUT2D eigenvalue weighted by Crippen LogP contribution is -2.13. The van der Waals surface area contributed by atoms with E-state index in [-0.39, 0.29) is 5.91 Å². The average molecular weight is 298 g/mol. The lowest BCUT2D eigenvalue weighted by molar-refractivity contribution is -0.116. The number of ether oxygens (including phenoxy) is 1. The summed E-state index contributed by atoms with van der Waals surface area (Å²) in [4.78, 5) is 11.8. The van der Waals surface area contributed by atoms with Crippen LogP contribution in [-0.4, -0.2) is 19.6 Å². The summed E-state index contributed by atoms with van der Waals surface area (Å²) in [5.41, 5.74) is 8.46. The molecule has 0 unspecified atom stereocenters. The van der Waals surface area contributed by atoms with Crippen molar-refractivity contribution in [1.29, 1.82) is 0 Å². The van der Waals surface area contributed by atoms with Crippen molar-refractivity contribution in [1.82, 2.24) is 0 Å².